The molecule has 0 saturated heterocycles. The summed E-state index contributed by atoms with van der Waals surface area (Å²) in [6.07, 6.45) is -1.10. The highest BCUT2D eigenvalue weighted by molar-refractivity contribution is 5.83. The molecule has 0 saturated carbocycles. The van der Waals surface area contributed by atoms with E-state index in [1.165, 1.54) is 6.92 Å². The van der Waals surface area contributed by atoms with Crippen LogP contribution in [0.1, 0.15) is 25.5 Å². The van der Waals surface area contributed by atoms with Crippen molar-refractivity contribution in [2.45, 2.75) is 26.1 Å². The van der Waals surface area contributed by atoms with E-state index in [2.05, 4.69) is 0 Å². The first-order chi connectivity index (χ1) is 10.7. The number of hydrogen-bond acceptors (Lipinski definition) is 4. The molecule has 2 aromatic rings. The lowest BCUT2D eigenvalue weighted by Gasteiger charge is -2.20. The van der Waals surface area contributed by atoms with Gasteiger partial charge in [-0.15, -0.1) is 0 Å². The molecule has 22 heavy (non-hydrogen) atoms. The van der Waals surface area contributed by atoms with Gasteiger partial charge in [0.15, 0.2) is 29.5 Å². The number of benzene rings is 2. The summed E-state index contributed by atoms with van der Waals surface area (Å²) in [5.74, 6) is 1.91. The highest BCUT2D eigenvalue weighted by atomic mass is 16.6. The number of hydrogen-bond donors (Lipinski definition) is 0. The van der Waals surface area contributed by atoms with Crippen molar-refractivity contribution in [1.82, 2.24) is 0 Å². The third-order valence-electron chi connectivity index (χ3n) is 3.56. The summed E-state index contributed by atoms with van der Waals surface area (Å²) >= 11 is 0. The number of rotatable bonds is 5. The first-order valence-corrected chi connectivity index (χ1v) is 7.35. The fraction of sp³-hybridized carbons (Fsp3) is 0.278. The zero-order chi connectivity index (χ0) is 15.5. The van der Waals surface area contributed by atoms with Gasteiger partial charge in [0.25, 0.3) is 0 Å². The van der Waals surface area contributed by atoms with Crippen molar-refractivity contribution in [2.24, 2.45) is 0 Å². The van der Waals surface area contributed by atoms with Crippen LogP contribution in [0.25, 0.3) is 0 Å². The number of carbonyl (C=O) groups is 1. The zero-order valence-corrected chi connectivity index (χ0v) is 12.6. The summed E-state index contributed by atoms with van der Waals surface area (Å²) in [5, 5.41) is 0. The summed E-state index contributed by atoms with van der Waals surface area (Å²) in [4.78, 5) is 11.9. The maximum Gasteiger partial charge on any atom is 0.197 e. The van der Waals surface area contributed by atoms with Crippen LogP contribution in [0.5, 0.6) is 17.2 Å². The van der Waals surface area contributed by atoms with Crippen LogP contribution < -0.4 is 14.2 Å². The van der Waals surface area contributed by atoms with Gasteiger partial charge in [-0.3, -0.25) is 4.79 Å². The van der Waals surface area contributed by atoms with Gasteiger partial charge < -0.3 is 14.2 Å². The van der Waals surface area contributed by atoms with E-state index in [9.17, 15) is 4.79 Å². The summed E-state index contributed by atoms with van der Waals surface area (Å²) < 4.78 is 17.4. The second-order valence-corrected chi connectivity index (χ2v) is 5.11. The van der Waals surface area contributed by atoms with Crippen LogP contribution in [-0.2, 0) is 4.79 Å². The molecule has 1 aliphatic heterocycles. The molecule has 0 fully saturated rings. The summed E-state index contributed by atoms with van der Waals surface area (Å²) in [7, 11) is 0. The summed E-state index contributed by atoms with van der Waals surface area (Å²) in [6.45, 7) is 3.98. The molecule has 0 N–H and O–H groups in total. The third-order valence-corrected chi connectivity index (χ3v) is 3.56. The predicted octanol–water partition coefficient (Wildman–Crippen LogP) is 3.56. The SMILES string of the molecule is CCOc1ccccc1OC1c2ccccc2OC1C(C)=O. The van der Waals surface area contributed by atoms with Gasteiger partial charge in [-0.1, -0.05) is 30.3 Å². The molecule has 0 spiro atoms. The van der Waals surface area contributed by atoms with Gasteiger partial charge >= 0.3 is 0 Å². The molecule has 4 heteroatoms. The number of para-hydroxylation sites is 3. The molecule has 0 radical (unpaired) electrons. The van der Waals surface area contributed by atoms with Crippen LogP contribution in [-0.4, -0.2) is 18.5 Å². The van der Waals surface area contributed by atoms with Gasteiger partial charge in [0, 0.05) is 5.56 Å². The lowest BCUT2D eigenvalue weighted by atomic mass is 10.0. The van der Waals surface area contributed by atoms with Gasteiger partial charge in [0.05, 0.1) is 6.61 Å². The zero-order valence-electron chi connectivity index (χ0n) is 12.6. The van der Waals surface area contributed by atoms with E-state index in [1.54, 1.807) is 0 Å². The molecular formula is C18H18O4. The standard InChI is InChI=1S/C18H18O4/c1-3-20-15-10-6-7-11-16(15)22-18-13-8-4-5-9-14(13)21-17(18)12(2)19/h4-11,17-18H,3H2,1-2H3. The average molecular weight is 298 g/mol. The Hall–Kier alpha value is -2.49. The van der Waals surface area contributed by atoms with Gasteiger partial charge in [0.1, 0.15) is 5.75 Å². The molecule has 0 aromatic heterocycles. The van der Waals surface area contributed by atoms with Crippen LogP contribution >= 0.6 is 0 Å². The highest BCUT2D eigenvalue weighted by Crippen LogP contribution is 2.41. The first kappa shape index (κ1) is 14.4. The molecule has 0 aliphatic carbocycles. The Morgan fingerprint density at radius 3 is 2.50 bits per heavy atom. The molecule has 114 valence electrons. The maximum atomic E-state index is 11.9. The average Bonchev–Trinajstić information content (AvgIpc) is 2.89. The quantitative estimate of drug-likeness (QED) is 0.846. The van der Waals surface area contributed by atoms with E-state index >= 15 is 0 Å². The van der Waals surface area contributed by atoms with Crippen molar-refractivity contribution in [3.8, 4) is 17.2 Å². The van der Waals surface area contributed by atoms with Crippen molar-refractivity contribution in [3.63, 3.8) is 0 Å². The first-order valence-electron chi connectivity index (χ1n) is 7.35. The second-order valence-electron chi connectivity index (χ2n) is 5.11. The largest absolute Gasteiger partial charge is 0.490 e. The third kappa shape index (κ3) is 2.64. The number of fused-ring (bicyclic) bond motifs is 1. The molecular weight excluding hydrogens is 280 g/mol. The van der Waals surface area contributed by atoms with E-state index in [-0.39, 0.29) is 5.78 Å². The van der Waals surface area contributed by atoms with Gasteiger partial charge in [-0.2, -0.15) is 0 Å². The Kier molecular flexibility index (Phi) is 4.00. The smallest absolute Gasteiger partial charge is 0.197 e. The normalized spacial score (nSPS) is 19.2. The van der Waals surface area contributed by atoms with Gasteiger partial charge in [0.2, 0.25) is 0 Å². The monoisotopic (exact) mass is 298 g/mol. The van der Waals surface area contributed by atoms with E-state index in [0.717, 1.165) is 5.56 Å². The van der Waals surface area contributed by atoms with E-state index in [1.807, 2.05) is 55.5 Å². The fourth-order valence-corrected chi connectivity index (χ4v) is 2.57. The van der Waals surface area contributed by atoms with Crippen LogP contribution in [0.4, 0.5) is 0 Å². The summed E-state index contributed by atoms with van der Waals surface area (Å²) in [5.41, 5.74) is 0.883. The molecule has 2 aromatic carbocycles. The molecule has 0 amide bonds. The minimum absolute atomic E-state index is 0.0601. The summed E-state index contributed by atoms with van der Waals surface area (Å²) in [6, 6.07) is 15.0. The second kappa shape index (κ2) is 6.10. The highest BCUT2D eigenvalue weighted by Gasteiger charge is 2.39. The Morgan fingerprint density at radius 2 is 1.77 bits per heavy atom. The lowest BCUT2D eigenvalue weighted by molar-refractivity contribution is -0.126. The molecule has 1 aliphatic rings. The van der Waals surface area contributed by atoms with Crippen LogP contribution in [0.2, 0.25) is 0 Å². The van der Waals surface area contributed by atoms with Crippen molar-refractivity contribution >= 4 is 5.78 Å². The van der Waals surface area contributed by atoms with Gasteiger partial charge in [-0.05, 0) is 32.0 Å². The number of Topliss-reactive ketones (excluding diaryl/α,β-unsaturated/α-hetero) is 1. The fourth-order valence-electron chi connectivity index (χ4n) is 2.57. The Balaban J connectivity index is 1.94. The van der Waals surface area contributed by atoms with Crippen LogP contribution in [0.3, 0.4) is 0 Å². The predicted molar refractivity (Wildman–Crippen MR) is 82.5 cm³/mol. The molecule has 1 heterocycles. The van der Waals surface area contributed by atoms with Crippen molar-refractivity contribution in [1.29, 1.82) is 0 Å². The Bertz CT molecular complexity index is 680. The van der Waals surface area contributed by atoms with Crippen LogP contribution in [0, 0.1) is 0 Å². The maximum absolute atomic E-state index is 11.9. The van der Waals surface area contributed by atoms with Crippen molar-refractivity contribution < 1.29 is 19.0 Å². The number of ketones is 1. The number of ether oxygens (including phenoxy) is 3. The molecule has 2 atom stereocenters. The van der Waals surface area contributed by atoms with Crippen molar-refractivity contribution in [2.75, 3.05) is 6.61 Å². The van der Waals surface area contributed by atoms with E-state index in [4.69, 9.17) is 14.2 Å². The molecule has 3 rings (SSSR count). The lowest BCUT2D eigenvalue weighted by Crippen LogP contribution is -2.30. The molecule has 2 unspecified atom stereocenters. The van der Waals surface area contributed by atoms with E-state index in [0.29, 0.717) is 23.9 Å². The Labute approximate surface area is 129 Å². The molecule has 4 nitrogen and oxygen atoms in total. The topological polar surface area (TPSA) is 44.8 Å². The van der Waals surface area contributed by atoms with Crippen molar-refractivity contribution in [3.05, 3.63) is 54.1 Å². The minimum Gasteiger partial charge on any atom is -0.490 e. The number of carbonyl (C=O) groups excluding carboxylic acids is 1. The molecule has 0 bridgehead atoms. The van der Waals surface area contributed by atoms with E-state index < -0.39 is 12.2 Å². The minimum atomic E-state index is -0.632. The van der Waals surface area contributed by atoms with Crippen LogP contribution in [0.15, 0.2) is 48.5 Å². The Morgan fingerprint density at radius 1 is 1.09 bits per heavy atom. The van der Waals surface area contributed by atoms with Gasteiger partial charge in [-0.25, -0.2) is 0 Å².